The number of hydrogen-bond donors (Lipinski definition) is 1. The van der Waals surface area contributed by atoms with Crippen molar-refractivity contribution in [1.82, 2.24) is 4.72 Å². The maximum atomic E-state index is 12.3. The number of hydrogen-bond acceptors (Lipinski definition) is 4. The lowest BCUT2D eigenvalue weighted by Crippen LogP contribution is -2.24. The van der Waals surface area contributed by atoms with Crippen molar-refractivity contribution in [1.29, 1.82) is 5.26 Å². The summed E-state index contributed by atoms with van der Waals surface area (Å²) in [5.74, 6) is 0. The monoisotopic (exact) mass is 315 g/mol. The average Bonchev–Trinajstić information content (AvgIpc) is 2.53. The molecule has 1 N–H and O–H groups in total. The first-order chi connectivity index (χ1) is 10.4. The van der Waals surface area contributed by atoms with E-state index in [2.05, 4.69) is 4.72 Å². The fourth-order valence-corrected chi connectivity index (χ4v) is 3.13. The van der Waals surface area contributed by atoms with Gasteiger partial charge in [0.05, 0.1) is 10.5 Å². The first-order valence-corrected chi connectivity index (χ1v) is 8.17. The van der Waals surface area contributed by atoms with Crippen LogP contribution in [0.2, 0.25) is 0 Å². The van der Waals surface area contributed by atoms with Crippen molar-refractivity contribution in [3.63, 3.8) is 0 Å². The molecule has 0 spiro atoms. The zero-order chi connectivity index (χ0) is 16.2. The molecule has 5 nitrogen and oxygen atoms in total. The molecule has 114 valence electrons. The molecule has 0 fully saturated rings. The van der Waals surface area contributed by atoms with Gasteiger partial charge in [-0.2, -0.15) is 5.26 Å². The SMILES string of the molecule is CN(C)c1ccc(CNS(=O)(=O)c2ccccc2C#N)cc1. The van der Waals surface area contributed by atoms with E-state index in [1.807, 2.05) is 49.3 Å². The largest absolute Gasteiger partial charge is 0.378 e. The Hall–Kier alpha value is -2.36. The fourth-order valence-electron chi connectivity index (χ4n) is 1.96. The number of benzene rings is 2. The van der Waals surface area contributed by atoms with E-state index in [0.717, 1.165) is 11.3 Å². The van der Waals surface area contributed by atoms with Crippen molar-refractivity contribution >= 4 is 15.7 Å². The first-order valence-electron chi connectivity index (χ1n) is 6.69. The fraction of sp³-hybridized carbons (Fsp3) is 0.188. The Kier molecular flexibility index (Phi) is 4.81. The third-order valence-corrected chi connectivity index (χ3v) is 4.68. The molecular formula is C16H17N3O2S. The third-order valence-electron chi connectivity index (χ3n) is 3.22. The predicted octanol–water partition coefficient (Wildman–Crippen LogP) is 2.10. The Morgan fingerprint density at radius 3 is 2.32 bits per heavy atom. The molecule has 0 aliphatic heterocycles. The van der Waals surface area contributed by atoms with Gasteiger partial charge in [-0.15, -0.1) is 0 Å². The summed E-state index contributed by atoms with van der Waals surface area (Å²) in [7, 11) is 0.171. The summed E-state index contributed by atoms with van der Waals surface area (Å²) in [6.07, 6.45) is 0. The van der Waals surface area contributed by atoms with E-state index < -0.39 is 10.0 Å². The highest BCUT2D eigenvalue weighted by atomic mass is 32.2. The molecule has 0 saturated heterocycles. The van der Waals surface area contributed by atoms with E-state index in [9.17, 15) is 8.42 Å². The van der Waals surface area contributed by atoms with Gasteiger partial charge >= 0.3 is 0 Å². The van der Waals surface area contributed by atoms with Gasteiger partial charge in [-0.3, -0.25) is 0 Å². The minimum absolute atomic E-state index is 0.00223. The molecule has 22 heavy (non-hydrogen) atoms. The van der Waals surface area contributed by atoms with Crippen LogP contribution in [0.5, 0.6) is 0 Å². The maximum absolute atomic E-state index is 12.3. The maximum Gasteiger partial charge on any atom is 0.242 e. The molecule has 0 heterocycles. The molecule has 0 radical (unpaired) electrons. The van der Waals surface area contributed by atoms with Crippen LogP contribution >= 0.6 is 0 Å². The van der Waals surface area contributed by atoms with Crippen molar-refractivity contribution in [2.45, 2.75) is 11.4 Å². The molecule has 2 rings (SSSR count). The van der Waals surface area contributed by atoms with Crippen molar-refractivity contribution < 1.29 is 8.42 Å². The van der Waals surface area contributed by atoms with E-state index in [0.29, 0.717) is 0 Å². The van der Waals surface area contributed by atoms with Gasteiger partial charge in [-0.1, -0.05) is 24.3 Å². The normalized spacial score (nSPS) is 11.0. The molecular weight excluding hydrogens is 298 g/mol. The molecule has 2 aromatic carbocycles. The summed E-state index contributed by atoms with van der Waals surface area (Å²) in [6, 6.07) is 15.6. The van der Waals surface area contributed by atoms with Crippen LogP contribution in [0.15, 0.2) is 53.4 Å². The van der Waals surface area contributed by atoms with Gasteiger partial charge in [0, 0.05) is 26.3 Å². The summed E-state index contributed by atoms with van der Waals surface area (Å²) in [6.45, 7) is 0.176. The average molecular weight is 315 g/mol. The van der Waals surface area contributed by atoms with Crippen LogP contribution in [-0.2, 0) is 16.6 Å². The lowest BCUT2D eigenvalue weighted by atomic mass is 10.2. The Balaban J connectivity index is 2.15. The quantitative estimate of drug-likeness (QED) is 0.917. The van der Waals surface area contributed by atoms with Gasteiger partial charge in [0.2, 0.25) is 10.0 Å². The van der Waals surface area contributed by atoms with Crippen LogP contribution in [0.4, 0.5) is 5.69 Å². The second-order valence-corrected chi connectivity index (χ2v) is 6.73. The van der Waals surface area contributed by atoms with Crippen molar-refractivity contribution in [3.05, 3.63) is 59.7 Å². The minimum Gasteiger partial charge on any atom is -0.378 e. The molecule has 0 bridgehead atoms. The van der Waals surface area contributed by atoms with E-state index in [-0.39, 0.29) is 17.0 Å². The van der Waals surface area contributed by atoms with Crippen molar-refractivity contribution in [2.24, 2.45) is 0 Å². The van der Waals surface area contributed by atoms with Crippen LogP contribution in [0, 0.1) is 11.3 Å². The third kappa shape index (κ3) is 3.64. The zero-order valence-corrected chi connectivity index (χ0v) is 13.3. The van der Waals surface area contributed by atoms with Crippen LogP contribution in [0.25, 0.3) is 0 Å². The standard InChI is InChI=1S/C16H17N3O2S/c1-19(2)15-9-7-13(8-10-15)12-18-22(20,21)16-6-4-3-5-14(16)11-17/h3-10,18H,12H2,1-2H3. The van der Waals surface area contributed by atoms with E-state index in [1.165, 1.54) is 12.1 Å². The number of nitrogens with zero attached hydrogens (tertiary/aromatic N) is 2. The van der Waals surface area contributed by atoms with Crippen LogP contribution in [0.3, 0.4) is 0 Å². The number of anilines is 1. The molecule has 0 saturated carbocycles. The van der Waals surface area contributed by atoms with Crippen molar-refractivity contribution in [2.75, 3.05) is 19.0 Å². The number of nitrogens with one attached hydrogen (secondary N) is 1. The summed E-state index contributed by atoms with van der Waals surface area (Å²) < 4.78 is 27.1. The second-order valence-electron chi connectivity index (χ2n) is 4.99. The van der Waals surface area contributed by atoms with Crippen LogP contribution in [0.1, 0.15) is 11.1 Å². The summed E-state index contributed by atoms with van der Waals surface area (Å²) >= 11 is 0. The summed E-state index contributed by atoms with van der Waals surface area (Å²) in [5, 5.41) is 9.00. The zero-order valence-electron chi connectivity index (χ0n) is 12.4. The highest BCUT2D eigenvalue weighted by Crippen LogP contribution is 2.16. The smallest absolute Gasteiger partial charge is 0.242 e. The Bertz CT molecular complexity index is 791. The molecule has 0 atom stereocenters. The topological polar surface area (TPSA) is 73.2 Å². The Labute approximate surface area is 130 Å². The molecule has 6 heteroatoms. The number of rotatable bonds is 5. The van der Waals surface area contributed by atoms with Crippen LogP contribution < -0.4 is 9.62 Å². The van der Waals surface area contributed by atoms with E-state index in [4.69, 9.17) is 5.26 Å². The molecule has 2 aromatic rings. The Morgan fingerprint density at radius 1 is 1.09 bits per heavy atom. The highest BCUT2D eigenvalue weighted by Gasteiger charge is 2.17. The van der Waals surface area contributed by atoms with Gasteiger partial charge in [0.25, 0.3) is 0 Å². The summed E-state index contributed by atoms with van der Waals surface area (Å²) in [4.78, 5) is 1.97. The first kappa shape index (κ1) is 16.0. The molecule has 0 aliphatic carbocycles. The second kappa shape index (κ2) is 6.60. The molecule has 0 aromatic heterocycles. The summed E-state index contributed by atoms with van der Waals surface area (Å²) in [5.41, 5.74) is 2.03. The van der Waals surface area contributed by atoms with Gasteiger partial charge in [0.1, 0.15) is 6.07 Å². The van der Waals surface area contributed by atoms with Gasteiger partial charge in [-0.05, 0) is 29.8 Å². The van der Waals surface area contributed by atoms with E-state index in [1.54, 1.807) is 12.1 Å². The van der Waals surface area contributed by atoms with Gasteiger partial charge < -0.3 is 4.90 Å². The van der Waals surface area contributed by atoms with Gasteiger partial charge in [0.15, 0.2) is 0 Å². The van der Waals surface area contributed by atoms with Crippen molar-refractivity contribution in [3.8, 4) is 6.07 Å². The van der Waals surface area contributed by atoms with E-state index >= 15 is 0 Å². The number of nitriles is 1. The lowest BCUT2D eigenvalue weighted by molar-refractivity contribution is 0.581. The lowest BCUT2D eigenvalue weighted by Gasteiger charge is -2.13. The van der Waals surface area contributed by atoms with Gasteiger partial charge in [-0.25, -0.2) is 13.1 Å². The molecule has 0 amide bonds. The predicted molar refractivity (Wildman–Crippen MR) is 86.0 cm³/mol. The Morgan fingerprint density at radius 2 is 1.73 bits per heavy atom. The highest BCUT2D eigenvalue weighted by molar-refractivity contribution is 7.89. The minimum atomic E-state index is -3.71. The molecule has 0 unspecified atom stereocenters. The number of sulfonamides is 1. The van der Waals surface area contributed by atoms with Crippen LogP contribution in [-0.4, -0.2) is 22.5 Å². The molecule has 0 aliphatic rings.